The predicted octanol–water partition coefficient (Wildman–Crippen LogP) is 0.971. The number of morpholine rings is 1. The Kier molecular flexibility index (Phi) is 6.48. The quantitative estimate of drug-likeness (QED) is 0.578. The number of rotatable bonds is 7. The average Bonchev–Trinajstić information content (AvgIpc) is 3.26. The maximum Gasteiger partial charge on any atom is 0.270 e. The zero-order chi connectivity index (χ0) is 21.6. The van der Waals surface area contributed by atoms with Crippen LogP contribution in [-0.4, -0.2) is 64.0 Å². The first-order valence-electron chi connectivity index (χ1n) is 10.1. The largest absolute Gasteiger partial charge is 0.497 e. The lowest BCUT2D eigenvalue weighted by atomic mass is 10.1. The minimum atomic E-state index is -0.276. The molecule has 1 atom stereocenters. The third-order valence-corrected chi connectivity index (χ3v) is 4.86. The van der Waals surface area contributed by atoms with Crippen molar-refractivity contribution >= 4 is 5.91 Å². The van der Waals surface area contributed by atoms with Gasteiger partial charge in [-0.15, -0.1) is 10.2 Å². The first-order chi connectivity index (χ1) is 15.1. The molecular weight excluding hydrogens is 398 g/mol. The monoisotopic (exact) mass is 423 g/mol. The van der Waals surface area contributed by atoms with E-state index < -0.39 is 0 Å². The van der Waals surface area contributed by atoms with E-state index in [9.17, 15) is 4.79 Å². The van der Waals surface area contributed by atoms with Crippen molar-refractivity contribution in [2.75, 3.05) is 26.8 Å². The molecule has 3 heterocycles. The van der Waals surface area contributed by atoms with Crippen molar-refractivity contribution in [1.82, 2.24) is 35.8 Å². The van der Waals surface area contributed by atoms with E-state index in [1.807, 2.05) is 37.3 Å². The van der Waals surface area contributed by atoms with Crippen LogP contribution in [-0.2, 0) is 17.8 Å². The molecule has 1 aromatic carbocycles. The fraction of sp³-hybridized carbons (Fsp3) is 0.381. The zero-order valence-electron chi connectivity index (χ0n) is 17.5. The molecule has 1 aliphatic heterocycles. The minimum absolute atomic E-state index is 0.00734. The molecular formula is C21H25N7O3. The van der Waals surface area contributed by atoms with Crippen molar-refractivity contribution < 1.29 is 14.3 Å². The van der Waals surface area contributed by atoms with Crippen LogP contribution in [0.3, 0.4) is 0 Å². The first-order valence-corrected chi connectivity index (χ1v) is 10.1. The van der Waals surface area contributed by atoms with Gasteiger partial charge in [0.15, 0.2) is 0 Å². The summed E-state index contributed by atoms with van der Waals surface area (Å²) >= 11 is 0. The summed E-state index contributed by atoms with van der Waals surface area (Å²) in [7, 11) is 1.61. The van der Waals surface area contributed by atoms with Crippen molar-refractivity contribution in [3.63, 3.8) is 0 Å². The first kappa shape index (κ1) is 20.9. The third kappa shape index (κ3) is 5.41. The van der Waals surface area contributed by atoms with Crippen molar-refractivity contribution in [2.24, 2.45) is 0 Å². The van der Waals surface area contributed by atoms with Gasteiger partial charge in [-0.25, -0.2) is 4.98 Å². The number of carbonyl (C=O) groups excluding carboxylic acids is 1. The molecule has 0 aliphatic carbocycles. The highest BCUT2D eigenvalue weighted by Crippen LogP contribution is 2.17. The van der Waals surface area contributed by atoms with Crippen LogP contribution >= 0.6 is 0 Å². The number of amides is 1. The molecule has 162 valence electrons. The Bertz CT molecular complexity index is 1050. The number of hydrogen-bond acceptors (Lipinski definition) is 8. The molecule has 3 aromatic rings. The summed E-state index contributed by atoms with van der Waals surface area (Å²) in [6.45, 7) is 4.98. The van der Waals surface area contributed by atoms with Gasteiger partial charge < -0.3 is 20.1 Å². The molecule has 1 unspecified atom stereocenters. The molecule has 1 fully saturated rings. The summed E-state index contributed by atoms with van der Waals surface area (Å²) in [6, 6.07) is 11.0. The standard InChI is InChI=1S/C21H25N7O3/c1-14-8-16(20-25-27-28(26-20)13-18-12-22-6-7-31-18)10-19(24-14)21(29)23-11-15-4-3-5-17(9-15)30-2/h3-5,8-10,18,22H,6-7,11-13H2,1-2H3,(H,23,29). The Labute approximate surface area is 180 Å². The highest BCUT2D eigenvalue weighted by atomic mass is 16.5. The zero-order valence-corrected chi connectivity index (χ0v) is 17.5. The van der Waals surface area contributed by atoms with Crippen molar-refractivity contribution in [2.45, 2.75) is 26.1 Å². The number of hydrogen-bond donors (Lipinski definition) is 2. The van der Waals surface area contributed by atoms with Crippen LogP contribution < -0.4 is 15.4 Å². The molecule has 2 aromatic heterocycles. The predicted molar refractivity (Wildman–Crippen MR) is 113 cm³/mol. The second-order valence-corrected chi connectivity index (χ2v) is 7.28. The molecule has 1 aliphatic rings. The minimum Gasteiger partial charge on any atom is -0.497 e. The van der Waals surface area contributed by atoms with E-state index in [4.69, 9.17) is 9.47 Å². The topological polar surface area (TPSA) is 116 Å². The molecule has 1 amide bonds. The van der Waals surface area contributed by atoms with E-state index in [-0.39, 0.29) is 12.0 Å². The van der Waals surface area contributed by atoms with Crippen LogP contribution in [0.5, 0.6) is 5.75 Å². The van der Waals surface area contributed by atoms with Gasteiger partial charge in [0.05, 0.1) is 26.4 Å². The van der Waals surface area contributed by atoms with E-state index in [1.165, 1.54) is 4.80 Å². The normalized spacial score (nSPS) is 16.1. The molecule has 10 nitrogen and oxygen atoms in total. The molecule has 31 heavy (non-hydrogen) atoms. The number of nitrogens with zero attached hydrogens (tertiary/aromatic N) is 5. The SMILES string of the molecule is COc1cccc(CNC(=O)c2cc(-c3nnn(CC4CNCCO4)n3)cc(C)n2)c1. The number of ether oxygens (including phenoxy) is 2. The Morgan fingerprint density at radius 3 is 3.06 bits per heavy atom. The van der Waals surface area contributed by atoms with Crippen molar-refractivity contribution in [1.29, 1.82) is 0 Å². The second kappa shape index (κ2) is 9.63. The summed E-state index contributed by atoms with van der Waals surface area (Å²) in [5.41, 5.74) is 2.62. The van der Waals surface area contributed by atoms with Crippen LogP contribution in [0.15, 0.2) is 36.4 Å². The van der Waals surface area contributed by atoms with Crippen LogP contribution in [0.2, 0.25) is 0 Å². The summed E-state index contributed by atoms with van der Waals surface area (Å²) in [5.74, 6) is 0.907. The van der Waals surface area contributed by atoms with E-state index in [0.717, 1.165) is 24.4 Å². The lowest BCUT2D eigenvalue weighted by molar-refractivity contribution is 0.0133. The molecule has 0 saturated carbocycles. The lowest BCUT2D eigenvalue weighted by Crippen LogP contribution is -2.41. The molecule has 2 N–H and O–H groups in total. The highest BCUT2D eigenvalue weighted by Gasteiger charge is 2.17. The number of benzene rings is 1. The Hall–Kier alpha value is -3.37. The Morgan fingerprint density at radius 2 is 2.26 bits per heavy atom. The van der Waals surface area contributed by atoms with E-state index >= 15 is 0 Å². The molecule has 10 heteroatoms. The third-order valence-electron chi connectivity index (χ3n) is 4.86. The average molecular weight is 423 g/mol. The van der Waals surface area contributed by atoms with Crippen LogP contribution in [0, 0.1) is 6.92 Å². The molecule has 0 bridgehead atoms. The second-order valence-electron chi connectivity index (χ2n) is 7.28. The van der Waals surface area contributed by atoms with Crippen LogP contribution in [0.4, 0.5) is 0 Å². The highest BCUT2D eigenvalue weighted by molar-refractivity contribution is 5.93. The fourth-order valence-electron chi connectivity index (χ4n) is 3.32. The number of pyridine rings is 1. The molecule has 4 rings (SSSR count). The molecule has 1 saturated heterocycles. The van der Waals surface area contributed by atoms with Gasteiger partial charge in [-0.05, 0) is 42.0 Å². The van der Waals surface area contributed by atoms with Gasteiger partial charge >= 0.3 is 0 Å². The lowest BCUT2D eigenvalue weighted by Gasteiger charge is -2.22. The van der Waals surface area contributed by atoms with E-state index in [1.54, 1.807) is 13.2 Å². The fourth-order valence-corrected chi connectivity index (χ4v) is 3.32. The summed E-state index contributed by atoms with van der Waals surface area (Å²) in [4.78, 5) is 18.6. The van der Waals surface area contributed by atoms with E-state index in [0.29, 0.717) is 42.5 Å². The number of aryl methyl sites for hydroxylation is 1. The maximum atomic E-state index is 12.7. The Balaban J connectivity index is 1.44. The van der Waals surface area contributed by atoms with Crippen molar-refractivity contribution in [3.8, 4) is 17.1 Å². The van der Waals surface area contributed by atoms with Crippen molar-refractivity contribution in [3.05, 3.63) is 53.3 Å². The van der Waals surface area contributed by atoms with Gasteiger partial charge in [0.25, 0.3) is 5.91 Å². The van der Waals surface area contributed by atoms with Gasteiger partial charge in [0, 0.05) is 30.9 Å². The smallest absolute Gasteiger partial charge is 0.270 e. The Morgan fingerprint density at radius 1 is 1.35 bits per heavy atom. The van der Waals surface area contributed by atoms with Crippen LogP contribution in [0.25, 0.3) is 11.4 Å². The van der Waals surface area contributed by atoms with Crippen LogP contribution in [0.1, 0.15) is 21.7 Å². The van der Waals surface area contributed by atoms with Gasteiger partial charge in [0.2, 0.25) is 5.82 Å². The van der Waals surface area contributed by atoms with E-state index in [2.05, 4.69) is 31.0 Å². The van der Waals surface area contributed by atoms with Gasteiger partial charge in [-0.1, -0.05) is 12.1 Å². The van der Waals surface area contributed by atoms with Gasteiger partial charge in [-0.2, -0.15) is 4.80 Å². The molecule has 0 radical (unpaired) electrons. The molecule has 0 spiro atoms. The summed E-state index contributed by atoms with van der Waals surface area (Å²) in [6.07, 6.45) is 0.00734. The maximum absolute atomic E-state index is 12.7. The van der Waals surface area contributed by atoms with Gasteiger partial charge in [-0.3, -0.25) is 4.79 Å². The number of methoxy groups -OCH3 is 1. The number of carbonyl (C=O) groups is 1. The van der Waals surface area contributed by atoms with Gasteiger partial charge in [0.1, 0.15) is 11.4 Å². The number of nitrogens with one attached hydrogen (secondary N) is 2. The number of tetrazole rings is 1. The number of aromatic nitrogens is 5. The summed E-state index contributed by atoms with van der Waals surface area (Å²) in [5, 5.41) is 18.9. The summed E-state index contributed by atoms with van der Waals surface area (Å²) < 4.78 is 10.9.